The normalized spacial score (nSPS) is 11.8. The summed E-state index contributed by atoms with van der Waals surface area (Å²) in [5.41, 5.74) is 2.12. The quantitative estimate of drug-likeness (QED) is 0.654. The van der Waals surface area contributed by atoms with E-state index in [1.54, 1.807) is 36.4 Å². The monoisotopic (exact) mass is 380 g/mol. The van der Waals surface area contributed by atoms with Gasteiger partial charge in [-0.1, -0.05) is 25.1 Å². The fourth-order valence-electron chi connectivity index (χ4n) is 2.74. The maximum atomic E-state index is 13.2. The van der Waals surface area contributed by atoms with Crippen LogP contribution in [0.25, 0.3) is 22.2 Å². The molecular weight excluding hydrogens is 359 g/mol. The van der Waals surface area contributed by atoms with Gasteiger partial charge in [-0.2, -0.15) is 0 Å². The van der Waals surface area contributed by atoms with Gasteiger partial charge in [-0.15, -0.1) is 0 Å². The van der Waals surface area contributed by atoms with Gasteiger partial charge in [0.15, 0.2) is 6.61 Å². The van der Waals surface area contributed by atoms with E-state index in [1.807, 2.05) is 19.9 Å². The van der Waals surface area contributed by atoms with Gasteiger partial charge in [0, 0.05) is 17.0 Å². The summed E-state index contributed by atoms with van der Waals surface area (Å²) in [7, 11) is 0. The summed E-state index contributed by atoms with van der Waals surface area (Å²) in [6.45, 7) is 3.48. The number of halogens is 1. The first-order valence-electron chi connectivity index (χ1n) is 9.10. The number of aromatic nitrogens is 1. The Morgan fingerprint density at radius 2 is 1.86 bits per heavy atom. The fourth-order valence-corrected chi connectivity index (χ4v) is 2.74. The third-order valence-electron chi connectivity index (χ3n) is 4.43. The first-order valence-corrected chi connectivity index (χ1v) is 9.10. The zero-order valence-corrected chi connectivity index (χ0v) is 15.7. The Labute approximate surface area is 162 Å². The van der Waals surface area contributed by atoms with Gasteiger partial charge in [0.2, 0.25) is 0 Å². The minimum Gasteiger partial charge on any atom is -0.452 e. The third kappa shape index (κ3) is 4.52. The number of hydrogen-bond donors (Lipinski definition) is 1. The van der Waals surface area contributed by atoms with E-state index in [2.05, 4.69) is 10.3 Å². The number of benzene rings is 2. The van der Waals surface area contributed by atoms with Crippen molar-refractivity contribution in [1.82, 2.24) is 10.3 Å². The van der Waals surface area contributed by atoms with Crippen molar-refractivity contribution in [1.29, 1.82) is 0 Å². The smallest absolute Gasteiger partial charge is 0.339 e. The van der Waals surface area contributed by atoms with Crippen LogP contribution in [-0.4, -0.2) is 29.5 Å². The highest BCUT2D eigenvalue weighted by Gasteiger charge is 2.17. The molecule has 1 atom stereocenters. The predicted octanol–water partition coefficient (Wildman–Crippen LogP) is 4.11. The summed E-state index contributed by atoms with van der Waals surface area (Å²) < 4.78 is 18.4. The molecule has 5 nitrogen and oxygen atoms in total. The van der Waals surface area contributed by atoms with Crippen molar-refractivity contribution in [3.05, 3.63) is 66.0 Å². The Morgan fingerprint density at radius 1 is 1.14 bits per heavy atom. The molecule has 3 rings (SSSR count). The average Bonchev–Trinajstić information content (AvgIpc) is 2.71. The van der Waals surface area contributed by atoms with Crippen molar-refractivity contribution in [2.24, 2.45) is 0 Å². The molecule has 0 bridgehead atoms. The molecule has 1 heterocycles. The Morgan fingerprint density at radius 3 is 2.57 bits per heavy atom. The molecule has 1 aromatic heterocycles. The van der Waals surface area contributed by atoms with Crippen LogP contribution in [0.2, 0.25) is 0 Å². The molecule has 3 aromatic rings. The number of carbonyl (C=O) groups is 2. The van der Waals surface area contributed by atoms with E-state index in [1.165, 1.54) is 12.1 Å². The van der Waals surface area contributed by atoms with Gasteiger partial charge < -0.3 is 10.1 Å². The molecule has 0 aliphatic heterocycles. The molecule has 1 unspecified atom stereocenters. The lowest BCUT2D eigenvalue weighted by Gasteiger charge is -2.12. The van der Waals surface area contributed by atoms with Crippen LogP contribution in [0.4, 0.5) is 4.39 Å². The minimum absolute atomic E-state index is 0.0121. The number of nitrogens with one attached hydrogen (secondary N) is 1. The summed E-state index contributed by atoms with van der Waals surface area (Å²) in [5.74, 6) is -1.31. The number of pyridine rings is 1. The van der Waals surface area contributed by atoms with Gasteiger partial charge in [-0.25, -0.2) is 14.2 Å². The molecule has 0 aliphatic carbocycles. The van der Waals surface area contributed by atoms with Crippen LogP contribution < -0.4 is 5.32 Å². The van der Waals surface area contributed by atoms with E-state index >= 15 is 0 Å². The SMILES string of the molecule is CCC(C)NC(=O)COC(=O)c1cc(-c2ccc(F)cc2)nc2ccccc12. The first-order chi connectivity index (χ1) is 13.5. The lowest BCUT2D eigenvalue weighted by atomic mass is 10.0. The molecule has 1 N–H and O–H groups in total. The minimum atomic E-state index is -0.610. The standard InChI is InChI=1S/C22H21FN2O3/c1-3-14(2)24-21(26)13-28-22(27)18-12-20(15-8-10-16(23)11-9-15)25-19-7-5-4-6-17(18)19/h4-12,14H,3,13H2,1-2H3,(H,24,26). The van der Waals surface area contributed by atoms with Gasteiger partial charge >= 0.3 is 5.97 Å². The van der Waals surface area contributed by atoms with Crippen LogP contribution in [0, 0.1) is 5.82 Å². The average molecular weight is 380 g/mol. The number of fused-ring (bicyclic) bond motifs is 1. The molecule has 0 saturated heterocycles. The van der Waals surface area contributed by atoms with Gasteiger partial charge in [0.1, 0.15) is 5.82 Å². The maximum absolute atomic E-state index is 13.2. The highest BCUT2D eigenvalue weighted by molar-refractivity contribution is 6.05. The van der Waals surface area contributed by atoms with E-state index in [9.17, 15) is 14.0 Å². The molecule has 0 fully saturated rings. The van der Waals surface area contributed by atoms with E-state index in [-0.39, 0.29) is 24.4 Å². The molecule has 0 aliphatic rings. The number of para-hydroxylation sites is 1. The largest absolute Gasteiger partial charge is 0.452 e. The number of amides is 1. The fraction of sp³-hybridized carbons (Fsp3) is 0.227. The highest BCUT2D eigenvalue weighted by Crippen LogP contribution is 2.25. The van der Waals surface area contributed by atoms with Crippen molar-refractivity contribution in [2.45, 2.75) is 26.3 Å². The lowest BCUT2D eigenvalue weighted by Crippen LogP contribution is -2.35. The number of carbonyl (C=O) groups excluding carboxylic acids is 2. The van der Waals surface area contributed by atoms with E-state index in [4.69, 9.17) is 4.74 Å². The number of rotatable bonds is 6. The van der Waals surface area contributed by atoms with E-state index < -0.39 is 5.97 Å². The Bertz CT molecular complexity index is 1000. The molecule has 0 spiro atoms. The third-order valence-corrected chi connectivity index (χ3v) is 4.43. The van der Waals surface area contributed by atoms with Crippen LogP contribution in [0.5, 0.6) is 0 Å². The Kier molecular flexibility index (Phi) is 5.99. The van der Waals surface area contributed by atoms with Crippen LogP contribution in [0.15, 0.2) is 54.6 Å². The van der Waals surface area contributed by atoms with Gasteiger partial charge in [0.05, 0.1) is 16.8 Å². The molecule has 28 heavy (non-hydrogen) atoms. The number of nitrogens with zero attached hydrogens (tertiary/aromatic N) is 1. The number of esters is 1. The second-order valence-electron chi connectivity index (χ2n) is 6.53. The molecule has 6 heteroatoms. The van der Waals surface area contributed by atoms with E-state index in [0.717, 1.165) is 6.42 Å². The second kappa shape index (κ2) is 8.61. The zero-order valence-electron chi connectivity index (χ0n) is 15.7. The molecule has 1 amide bonds. The van der Waals surface area contributed by atoms with Crippen molar-refractivity contribution in [3.63, 3.8) is 0 Å². The predicted molar refractivity (Wildman–Crippen MR) is 105 cm³/mol. The Balaban J connectivity index is 1.89. The van der Waals surface area contributed by atoms with Crippen molar-refractivity contribution >= 4 is 22.8 Å². The first kappa shape index (κ1) is 19.5. The number of ether oxygens (including phenoxy) is 1. The van der Waals surface area contributed by atoms with Crippen LogP contribution >= 0.6 is 0 Å². The summed E-state index contributed by atoms with van der Waals surface area (Å²) in [5, 5.41) is 3.38. The van der Waals surface area contributed by atoms with Crippen molar-refractivity contribution < 1.29 is 18.7 Å². The van der Waals surface area contributed by atoms with Gasteiger partial charge in [-0.3, -0.25) is 4.79 Å². The number of hydrogen-bond acceptors (Lipinski definition) is 4. The summed E-state index contributed by atoms with van der Waals surface area (Å²) in [6, 6.07) is 14.7. The molecule has 144 valence electrons. The molecule has 0 saturated carbocycles. The van der Waals surface area contributed by atoms with Gasteiger partial charge in [-0.05, 0) is 49.7 Å². The molecular formula is C22H21FN2O3. The summed E-state index contributed by atoms with van der Waals surface area (Å²) >= 11 is 0. The topological polar surface area (TPSA) is 68.3 Å². The maximum Gasteiger partial charge on any atom is 0.339 e. The summed E-state index contributed by atoms with van der Waals surface area (Å²) in [6.07, 6.45) is 0.787. The van der Waals surface area contributed by atoms with Crippen molar-refractivity contribution in [3.8, 4) is 11.3 Å². The zero-order chi connectivity index (χ0) is 20.1. The van der Waals surface area contributed by atoms with Crippen LogP contribution in [-0.2, 0) is 9.53 Å². The summed E-state index contributed by atoms with van der Waals surface area (Å²) in [4.78, 5) is 29.1. The Hall–Kier alpha value is -3.28. The van der Waals surface area contributed by atoms with E-state index in [0.29, 0.717) is 27.7 Å². The lowest BCUT2D eigenvalue weighted by molar-refractivity contribution is -0.124. The van der Waals surface area contributed by atoms with Crippen LogP contribution in [0.3, 0.4) is 0 Å². The molecule has 2 aromatic carbocycles. The van der Waals surface area contributed by atoms with Gasteiger partial charge in [0.25, 0.3) is 5.91 Å². The molecule has 0 radical (unpaired) electrons. The highest BCUT2D eigenvalue weighted by atomic mass is 19.1. The van der Waals surface area contributed by atoms with Crippen molar-refractivity contribution in [2.75, 3.05) is 6.61 Å². The second-order valence-corrected chi connectivity index (χ2v) is 6.53. The van der Waals surface area contributed by atoms with Crippen LogP contribution in [0.1, 0.15) is 30.6 Å².